The molecule has 6 nitrogen and oxygen atoms in total. The number of ether oxygens (including phenoxy) is 1. The number of pyridine rings is 1. The SMILES string of the molecule is C=C(/C=C\C(=C)C1CCC(O)CC1)COC(=O)C1CCN(Cc2ccc3cc(O)ccc3n2)CC1. The second-order valence-electron chi connectivity index (χ2n) is 9.91. The minimum absolute atomic E-state index is 0.0841. The number of hydrogen-bond donors (Lipinski definition) is 2. The molecule has 1 saturated heterocycles. The Morgan fingerprint density at radius 1 is 1.03 bits per heavy atom. The minimum Gasteiger partial charge on any atom is -0.508 e. The molecule has 0 bridgehead atoms. The zero-order valence-electron chi connectivity index (χ0n) is 20.4. The van der Waals surface area contributed by atoms with Gasteiger partial charge in [0.15, 0.2) is 0 Å². The Labute approximate surface area is 207 Å². The van der Waals surface area contributed by atoms with Gasteiger partial charge in [-0.2, -0.15) is 0 Å². The van der Waals surface area contributed by atoms with Gasteiger partial charge in [0, 0.05) is 11.9 Å². The van der Waals surface area contributed by atoms with Crippen molar-refractivity contribution in [1.82, 2.24) is 9.88 Å². The molecule has 1 aliphatic heterocycles. The first kappa shape index (κ1) is 25.1. The molecular weight excluding hydrogens is 440 g/mol. The van der Waals surface area contributed by atoms with Crippen molar-refractivity contribution in [3.8, 4) is 5.75 Å². The van der Waals surface area contributed by atoms with Crippen LogP contribution in [-0.4, -0.2) is 51.9 Å². The Morgan fingerprint density at radius 2 is 1.77 bits per heavy atom. The highest BCUT2D eigenvalue weighted by atomic mass is 16.5. The van der Waals surface area contributed by atoms with Gasteiger partial charge in [-0.25, -0.2) is 0 Å². The summed E-state index contributed by atoms with van der Waals surface area (Å²) in [7, 11) is 0. The number of carbonyl (C=O) groups excluding carboxylic acids is 1. The Hall–Kier alpha value is -2.96. The largest absolute Gasteiger partial charge is 0.508 e. The maximum absolute atomic E-state index is 12.6. The van der Waals surface area contributed by atoms with Crippen LogP contribution in [0.4, 0.5) is 0 Å². The number of aromatic hydroxyl groups is 1. The molecule has 6 heteroatoms. The van der Waals surface area contributed by atoms with E-state index in [9.17, 15) is 15.0 Å². The fourth-order valence-electron chi connectivity index (χ4n) is 4.94. The summed E-state index contributed by atoms with van der Waals surface area (Å²) in [4.78, 5) is 19.6. The van der Waals surface area contributed by atoms with Crippen LogP contribution in [0.15, 0.2) is 66.8 Å². The zero-order valence-corrected chi connectivity index (χ0v) is 20.4. The maximum Gasteiger partial charge on any atom is 0.309 e. The third-order valence-electron chi connectivity index (χ3n) is 7.19. The second-order valence-corrected chi connectivity index (χ2v) is 9.91. The van der Waals surface area contributed by atoms with Crippen LogP contribution in [0.3, 0.4) is 0 Å². The van der Waals surface area contributed by atoms with Gasteiger partial charge in [0.2, 0.25) is 0 Å². The molecule has 0 spiro atoms. The summed E-state index contributed by atoms with van der Waals surface area (Å²) in [6.07, 6.45) is 8.83. The van der Waals surface area contributed by atoms with E-state index < -0.39 is 0 Å². The quantitative estimate of drug-likeness (QED) is 0.416. The van der Waals surface area contributed by atoms with Gasteiger partial charge in [-0.15, -0.1) is 0 Å². The molecule has 35 heavy (non-hydrogen) atoms. The molecule has 1 aromatic heterocycles. The summed E-state index contributed by atoms with van der Waals surface area (Å²) in [5.74, 6) is 0.419. The lowest BCUT2D eigenvalue weighted by Crippen LogP contribution is -2.36. The van der Waals surface area contributed by atoms with E-state index >= 15 is 0 Å². The summed E-state index contributed by atoms with van der Waals surface area (Å²) < 4.78 is 5.54. The third kappa shape index (κ3) is 7.03. The number of aliphatic hydroxyl groups excluding tert-OH is 1. The van der Waals surface area contributed by atoms with Crippen molar-refractivity contribution in [3.05, 3.63) is 72.5 Å². The van der Waals surface area contributed by atoms with Crippen molar-refractivity contribution in [2.24, 2.45) is 11.8 Å². The standard InChI is InChI=1S/C29H36N2O4/c1-20(3-4-21(2)22-6-9-26(32)10-7-22)19-35-29(34)23-13-15-31(16-14-23)18-25-8-5-24-17-27(33)11-12-28(24)30-25/h3-5,8,11-12,17,22-23,26,32-33H,1-2,6-7,9-10,13-16,18-19H2/b4-3-. The van der Waals surface area contributed by atoms with Crippen molar-refractivity contribution in [2.75, 3.05) is 19.7 Å². The van der Waals surface area contributed by atoms with E-state index in [2.05, 4.69) is 18.1 Å². The molecule has 1 aromatic carbocycles. The fourth-order valence-corrected chi connectivity index (χ4v) is 4.94. The Morgan fingerprint density at radius 3 is 2.51 bits per heavy atom. The highest BCUT2D eigenvalue weighted by molar-refractivity contribution is 5.80. The molecular formula is C29H36N2O4. The smallest absolute Gasteiger partial charge is 0.309 e. The average molecular weight is 477 g/mol. The topological polar surface area (TPSA) is 82.9 Å². The number of phenolic OH excluding ortho intramolecular Hbond substituents is 1. The van der Waals surface area contributed by atoms with Crippen molar-refractivity contribution in [2.45, 2.75) is 51.2 Å². The van der Waals surface area contributed by atoms with Crippen LogP contribution in [-0.2, 0) is 16.1 Å². The predicted octanol–water partition coefficient (Wildman–Crippen LogP) is 4.92. The monoisotopic (exact) mass is 476 g/mol. The van der Waals surface area contributed by atoms with E-state index in [1.165, 1.54) is 0 Å². The number of esters is 1. The molecule has 2 fully saturated rings. The van der Waals surface area contributed by atoms with Gasteiger partial charge < -0.3 is 14.9 Å². The normalized spacial score (nSPS) is 21.9. The average Bonchev–Trinajstić information content (AvgIpc) is 2.86. The van der Waals surface area contributed by atoms with Gasteiger partial charge in [-0.05, 0) is 87.4 Å². The molecule has 0 radical (unpaired) electrons. The lowest BCUT2D eigenvalue weighted by atomic mass is 9.83. The molecule has 186 valence electrons. The number of likely N-dealkylation sites (tertiary alicyclic amines) is 1. The molecule has 1 aliphatic carbocycles. The van der Waals surface area contributed by atoms with E-state index in [4.69, 9.17) is 9.72 Å². The fraction of sp³-hybridized carbons (Fsp3) is 0.448. The molecule has 1 saturated carbocycles. The number of allylic oxidation sites excluding steroid dienone is 2. The summed E-state index contributed by atoms with van der Waals surface area (Å²) in [6.45, 7) is 10.8. The molecule has 0 amide bonds. The van der Waals surface area contributed by atoms with E-state index in [-0.39, 0.29) is 30.3 Å². The van der Waals surface area contributed by atoms with E-state index in [1.807, 2.05) is 30.4 Å². The third-order valence-corrected chi connectivity index (χ3v) is 7.19. The molecule has 0 atom stereocenters. The predicted molar refractivity (Wildman–Crippen MR) is 138 cm³/mol. The molecule has 4 rings (SSSR count). The summed E-state index contributed by atoms with van der Waals surface area (Å²) in [5, 5.41) is 20.2. The number of phenols is 1. The number of benzene rings is 1. The molecule has 0 unspecified atom stereocenters. The number of nitrogens with zero attached hydrogens (tertiary/aromatic N) is 2. The van der Waals surface area contributed by atoms with Gasteiger partial charge >= 0.3 is 5.97 Å². The van der Waals surface area contributed by atoms with Gasteiger partial charge in [-0.3, -0.25) is 14.7 Å². The Kier molecular flexibility index (Phi) is 8.37. The first-order valence-corrected chi connectivity index (χ1v) is 12.6. The van der Waals surface area contributed by atoms with Gasteiger partial charge in [0.05, 0.1) is 23.2 Å². The van der Waals surface area contributed by atoms with Crippen LogP contribution in [0.25, 0.3) is 10.9 Å². The maximum atomic E-state index is 12.6. The number of piperidine rings is 1. The second kappa shape index (κ2) is 11.6. The van der Waals surface area contributed by atoms with Crippen molar-refractivity contribution in [3.63, 3.8) is 0 Å². The highest BCUT2D eigenvalue weighted by Gasteiger charge is 2.26. The minimum atomic E-state index is -0.171. The number of fused-ring (bicyclic) bond motifs is 1. The van der Waals surface area contributed by atoms with Gasteiger partial charge in [-0.1, -0.05) is 36.9 Å². The van der Waals surface area contributed by atoms with E-state index in [0.717, 1.165) is 85.9 Å². The number of carbonyl (C=O) groups is 1. The van der Waals surface area contributed by atoms with Crippen molar-refractivity contribution >= 4 is 16.9 Å². The van der Waals surface area contributed by atoms with Crippen LogP contribution < -0.4 is 0 Å². The lowest BCUT2D eigenvalue weighted by molar-refractivity contribution is -0.149. The Balaban J connectivity index is 1.17. The van der Waals surface area contributed by atoms with Crippen molar-refractivity contribution in [1.29, 1.82) is 0 Å². The van der Waals surface area contributed by atoms with Gasteiger partial charge in [0.1, 0.15) is 12.4 Å². The molecule has 2 N–H and O–H groups in total. The van der Waals surface area contributed by atoms with Gasteiger partial charge in [0.25, 0.3) is 0 Å². The van der Waals surface area contributed by atoms with Crippen LogP contribution >= 0.6 is 0 Å². The van der Waals surface area contributed by atoms with E-state index in [0.29, 0.717) is 5.92 Å². The summed E-state index contributed by atoms with van der Waals surface area (Å²) in [6, 6.07) is 9.18. The lowest BCUT2D eigenvalue weighted by Gasteiger charge is -2.30. The summed E-state index contributed by atoms with van der Waals surface area (Å²) in [5.41, 5.74) is 3.66. The first-order valence-electron chi connectivity index (χ1n) is 12.6. The van der Waals surface area contributed by atoms with Crippen LogP contribution in [0, 0.1) is 11.8 Å². The summed E-state index contributed by atoms with van der Waals surface area (Å²) >= 11 is 0. The van der Waals surface area contributed by atoms with Crippen LogP contribution in [0.5, 0.6) is 5.75 Å². The molecule has 2 heterocycles. The molecule has 2 aromatic rings. The number of hydrogen-bond acceptors (Lipinski definition) is 6. The number of aliphatic hydroxyl groups is 1. The zero-order chi connectivity index (χ0) is 24.8. The molecule has 2 aliphatic rings. The van der Waals surface area contributed by atoms with E-state index in [1.54, 1.807) is 12.1 Å². The van der Waals surface area contributed by atoms with Crippen LogP contribution in [0.2, 0.25) is 0 Å². The highest BCUT2D eigenvalue weighted by Crippen LogP contribution is 2.30. The van der Waals surface area contributed by atoms with Crippen LogP contribution in [0.1, 0.15) is 44.2 Å². The van der Waals surface area contributed by atoms with Crippen molar-refractivity contribution < 1.29 is 19.7 Å². The first-order chi connectivity index (χ1) is 16.9. The number of aromatic nitrogens is 1. The number of rotatable bonds is 8. The Bertz CT molecular complexity index is 1090.